The third-order valence-electron chi connectivity index (χ3n) is 2.52. The quantitative estimate of drug-likeness (QED) is 0.941. The van der Waals surface area contributed by atoms with Gasteiger partial charge in [0.05, 0.1) is 6.04 Å². The van der Waals surface area contributed by atoms with Crippen molar-refractivity contribution in [3.63, 3.8) is 0 Å². The fourth-order valence-corrected chi connectivity index (χ4v) is 2.74. The second-order valence-electron chi connectivity index (χ2n) is 3.73. The van der Waals surface area contributed by atoms with Crippen molar-refractivity contribution in [3.05, 3.63) is 56.7 Å². The van der Waals surface area contributed by atoms with Crippen LogP contribution in [0.4, 0.5) is 0 Å². The highest BCUT2D eigenvalue weighted by atomic mass is 79.9. The SMILES string of the molecule is NC(C(=O)Cc1ccccc1Br)c1cccs1. The van der Waals surface area contributed by atoms with Crippen molar-refractivity contribution in [2.24, 2.45) is 5.73 Å². The van der Waals surface area contributed by atoms with Crippen LogP contribution in [0, 0.1) is 0 Å². The van der Waals surface area contributed by atoms with Gasteiger partial charge in [-0.15, -0.1) is 11.3 Å². The number of carbonyl (C=O) groups is 1. The van der Waals surface area contributed by atoms with Crippen molar-refractivity contribution in [1.29, 1.82) is 0 Å². The Morgan fingerprint density at radius 2 is 2.06 bits per heavy atom. The van der Waals surface area contributed by atoms with E-state index in [1.807, 2.05) is 41.8 Å². The Kier molecular flexibility index (Phi) is 4.10. The molecule has 0 spiro atoms. The van der Waals surface area contributed by atoms with Crippen LogP contribution in [0.15, 0.2) is 46.3 Å². The zero-order valence-electron chi connectivity index (χ0n) is 9.10. The lowest BCUT2D eigenvalue weighted by atomic mass is 10.0. The number of benzene rings is 1. The predicted octanol–water partition coefficient (Wildman–Crippen LogP) is 3.32. The van der Waals surface area contributed by atoms with E-state index in [1.54, 1.807) is 0 Å². The maximum absolute atomic E-state index is 12.0. The van der Waals surface area contributed by atoms with Crippen LogP contribution in [0.3, 0.4) is 0 Å². The van der Waals surface area contributed by atoms with Gasteiger partial charge in [0.2, 0.25) is 0 Å². The zero-order chi connectivity index (χ0) is 12.3. The number of hydrogen-bond acceptors (Lipinski definition) is 3. The van der Waals surface area contributed by atoms with E-state index in [9.17, 15) is 4.79 Å². The molecule has 88 valence electrons. The summed E-state index contributed by atoms with van der Waals surface area (Å²) in [6, 6.07) is 11.0. The summed E-state index contributed by atoms with van der Waals surface area (Å²) >= 11 is 4.95. The molecule has 0 amide bonds. The maximum Gasteiger partial charge on any atom is 0.159 e. The Morgan fingerprint density at radius 3 is 2.71 bits per heavy atom. The third-order valence-corrected chi connectivity index (χ3v) is 4.25. The molecule has 2 rings (SSSR count). The summed E-state index contributed by atoms with van der Waals surface area (Å²) in [6.07, 6.45) is 0.362. The Labute approximate surface area is 113 Å². The summed E-state index contributed by atoms with van der Waals surface area (Å²) in [5.74, 6) is 0.0411. The maximum atomic E-state index is 12.0. The normalized spacial score (nSPS) is 12.4. The van der Waals surface area contributed by atoms with Gasteiger partial charge in [0, 0.05) is 15.8 Å². The first-order valence-electron chi connectivity index (χ1n) is 5.23. The van der Waals surface area contributed by atoms with Crippen LogP contribution in [0.25, 0.3) is 0 Å². The van der Waals surface area contributed by atoms with Gasteiger partial charge in [0.25, 0.3) is 0 Å². The van der Waals surface area contributed by atoms with E-state index in [1.165, 1.54) is 11.3 Å². The number of Topliss-reactive ketones (excluding diaryl/α,β-unsaturated/α-hetero) is 1. The van der Waals surface area contributed by atoms with Crippen molar-refractivity contribution < 1.29 is 4.79 Å². The van der Waals surface area contributed by atoms with Crippen molar-refractivity contribution in [2.45, 2.75) is 12.5 Å². The average Bonchev–Trinajstić information content (AvgIpc) is 2.84. The van der Waals surface area contributed by atoms with Gasteiger partial charge >= 0.3 is 0 Å². The number of halogens is 1. The lowest BCUT2D eigenvalue weighted by Gasteiger charge is -2.09. The smallest absolute Gasteiger partial charge is 0.159 e. The van der Waals surface area contributed by atoms with E-state index in [0.29, 0.717) is 6.42 Å². The number of carbonyl (C=O) groups excluding carboxylic acids is 1. The molecule has 2 aromatic rings. The molecule has 1 heterocycles. The highest BCUT2D eigenvalue weighted by Gasteiger charge is 2.17. The molecule has 2 N–H and O–H groups in total. The Balaban J connectivity index is 2.10. The zero-order valence-corrected chi connectivity index (χ0v) is 11.5. The molecule has 0 aliphatic rings. The lowest BCUT2D eigenvalue weighted by molar-refractivity contribution is -0.119. The van der Waals surface area contributed by atoms with E-state index in [4.69, 9.17) is 5.73 Å². The second-order valence-corrected chi connectivity index (χ2v) is 5.56. The number of nitrogens with two attached hydrogens (primary N) is 1. The van der Waals surface area contributed by atoms with Gasteiger partial charge in [-0.1, -0.05) is 40.2 Å². The van der Waals surface area contributed by atoms with Crippen LogP contribution in [-0.2, 0) is 11.2 Å². The average molecular weight is 310 g/mol. The van der Waals surface area contributed by atoms with Gasteiger partial charge in [0.15, 0.2) is 5.78 Å². The molecular formula is C13H12BrNOS. The molecule has 0 saturated carbocycles. The number of hydrogen-bond donors (Lipinski definition) is 1. The molecule has 0 bridgehead atoms. The largest absolute Gasteiger partial charge is 0.317 e. The molecular weight excluding hydrogens is 298 g/mol. The monoisotopic (exact) mass is 309 g/mol. The summed E-state index contributed by atoms with van der Waals surface area (Å²) in [5.41, 5.74) is 6.90. The van der Waals surface area contributed by atoms with E-state index in [2.05, 4.69) is 15.9 Å². The van der Waals surface area contributed by atoms with Gasteiger partial charge in [-0.2, -0.15) is 0 Å². The molecule has 1 atom stereocenters. The van der Waals surface area contributed by atoms with Crippen LogP contribution in [0.5, 0.6) is 0 Å². The fourth-order valence-electron chi connectivity index (χ4n) is 1.57. The Hall–Kier alpha value is -0.970. The molecule has 1 unspecified atom stereocenters. The molecule has 0 radical (unpaired) electrons. The molecule has 2 nitrogen and oxygen atoms in total. The second kappa shape index (κ2) is 5.58. The van der Waals surface area contributed by atoms with Crippen molar-refractivity contribution in [1.82, 2.24) is 0 Å². The van der Waals surface area contributed by atoms with E-state index in [0.717, 1.165) is 14.9 Å². The topological polar surface area (TPSA) is 43.1 Å². The van der Waals surface area contributed by atoms with Gasteiger partial charge in [-0.05, 0) is 23.1 Å². The molecule has 4 heteroatoms. The van der Waals surface area contributed by atoms with Crippen LogP contribution < -0.4 is 5.73 Å². The Morgan fingerprint density at radius 1 is 1.29 bits per heavy atom. The van der Waals surface area contributed by atoms with E-state index in [-0.39, 0.29) is 5.78 Å². The van der Waals surface area contributed by atoms with Crippen LogP contribution in [0.2, 0.25) is 0 Å². The van der Waals surface area contributed by atoms with Gasteiger partial charge in [-0.25, -0.2) is 0 Å². The molecule has 0 aliphatic carbocycles. The standard InChI is InChI=1S/C13H12BrNOS/c14-10-5-2-1-4-9(10)8-11(16)13(15)12-6-3-7-17-12/h1-7,13H,8,15H2. The highest BCUT2D eigenvalue weighted by Crippen LogP contribution is 2.22. The summed E-state index contributed by atoms with van der Waals surface area (Å²) in [6.45, 7) is 0. The first-order valence-corrected chi connectivity index (χ1v) is 6.91. The van der Waals surface area contributed by atoms with Crippen molar-refractivity contribution in [2.75, 3.05) is 0 Å². The van der Waals surface area contributed by atoms with Gasteiger partial charge in [-0.3, -0.25) is 4.79 Å². The molecule has 0 saturated heterocycles. The first kappa shape index (κ1) is 12.5. The fraction of sp³-hybridized carbons (Fsp3) is 0.154. The third kappa shape index (κ3) is 3.03. The minimum absolute atomic E-state index is 0.0411. The van der Waals surface area contributed by atoms with Crippen LogP contribution >= 0.6 is 27.3 Å². The number of thiophene rings is 1. The van der Waals surface area contributed by atoms with Crippen LogP contribution in [-0.4, -0.2) is 5.78 Å². The van der Waals surface area contributed by atoms with Gasteiger partial charge in [0.1, 0.15) is 0 Å². The summed E-state index contributed by atoms with van der Waals surface area (Å²) in [7, 11) is 0. The Bertz CT molecular complexity index is 510. The van der Waals surface area contributed by atoms with E-state index < -0.39 is 6.04 Å². The summed E-state index contributed by atoms with van der Waals surface area (Å²) in [5, 5.41) is 1.93. The predicted molar refractivity (Wildman–Crippen MR) is 74.1 cm³/mol. The van der Waals surface area contributed by atoms with Gasteiger partial charge < -0.3 is 5.73 Å². The summed E-state index contributed by atoms with van der Waals surface area (Å²) in [4.78, 5) is 12.9. The minimum Gasteiger partial charge on any atom is -0.317 e. The molecule has 0 aliphatic heterocycles. The van der Waals surface area contributed by atoms with Crippen molar-refractivity contribution >= 4 is 33.0 Å². The number of rotatable bonds is 4. The summed E-state index contributed by atoms with van der Waals surface area (Å²) < 4.78 is 0.951. The molecule has 0 fully saturated rings. The van der Waals surface area contributed by atoms with E-state index >= 15 is 0 Å². The molecule has 1 aromatic heterocycles. The number of ketones is 1. The highest BCUT2D eigenvalue weighted by molar-refractivity contribution is 9.10. The van der Waals surface area contributed by atoms with Crippen molar-refractivity contribution in [3.8, 4) is 0 Å². The molecule has 1 aromatic carbocycles. The first-order chi connectivity index (χ1) is 8.18. The van der Waals surface area contributed by atoms with Crippen LogP contribution in [0.1, 0.15) is 16.5 Å². The molecule has 17 heavy (non-hydrogen) atoms. The lowest BCUT2D eigenvalue weighted by Crippen LogP contribution is -2.22. The minimum atomic E-state index is -0.512.